The number of methoxy groups -OCH3 is 1. The second-order valence-electron chi connectivity index (χ2n) is 2.87. The van der Waals surface area contributed by atoms with Crippen molar-refractivity contribution in [2.75, 3.05) is 27.4 Å². The van der Waals surface area contributed by atoms with Crippen LogP contribution in [-0.4, -0.2) is 39.4 Å². The van der Waals surface area contributed by atoms with Crippen molar-refractivity contribution in [3.8, 4) is 0 Å². The monoisotopic (exact) mass is 189 g/mol. The molecule has 1 amide bonds. The third kappa shape index (κ3) is 7.74. The molecule has 0 heterocycles. The van der Waals surface area contributed by atoms with E-state index in [-0.39, 0.29) is 12.0 Å². The van der Waals surface area contributed by atoms with E-state index in [1.54, 1.807) is 14.2 Å². The number of carbonyl (C=O) groups excluding carboxylic acids is 1. The van der Waals surface area contributed by atoms with Gasteiger partial charge in [-0.05, 0) is 13.3 Å². The number of hydrogen-bond acceptors (Lipinski definition) is 3. The molecule has 78 valence electrons. The normalized spacial score (nSPS) is 12.5. The van der Waals surface area contributed by atoms with Crippen LogP contribution in [-0.2, 0) is 14.3 Å². The van der Waals surface area contributed by atoms with Crippen LogP contribution in [0.15, 0.2) is 0 Å². The van der Waals surface area contributed by atoms with Gasteiger partial charge in [0.1, 0.15) is 0 Å². The summed E-state index contributed by atoms with van der Waals surface area (Å²) in [5.41, 5.74) is 0. The van der Waals surface area contributed by atoms with E-state index in [0.29, 0.717) is 19.6 Å². The molecule has 1 unspecified atom stereocenters. The first-order chi connectivity index (χ1) is 6.20. The first-order valence-corrected chi connectivity index (χ1v) is 4.51. The van der Waals surface area contributed by atoms with Gasteiger partial charge in [-0.25, -0.2) is 0 Å². The summed E-state index contributed by atoms with van der Waals surface area (Å²) >= 11 is 0. The van der Waals surface area contributed by atoms with Crippen LogP contribution < -0.4 is 5.32 Å². The second kappa shape index (κ2) is 8.01. The van der Waals surface area contributed by atoms with Crippen LogP contribution in [0.2, 0.25) is 0 Å². The Morgan fingerprint density at radius 1 is 1.46 bits per heavy atom. The fourth-order valence-electron chi connectivity index (χ4n) is 0.759. The molecular weight excluding hydrogens is 170 g/mol. The molecule has 0 spiro atoms. The third-order valence-corrected chi connectivity index (χ3v) is 1.82. The lowest BCUT2D eigenvalue weighted by Crippen LogP contribution is -2.19. The molecule has 0 saturated heterocycles. The first kappa shape index (κ1) is 12.4. The summed E-state index contributed by atoms with van der Waals surface area (Å²) in [5, 5.41) is 2.53. The van der Waals surface area contributed by atoms with Crippen LogP contribution in [0.5, 0.6) is 0 Å². The number of ether oxygens (including phenoxy) is 2. The largest absolute Gasteiger partial charge is 0.382 e. The molecule has 0 aromatic rings. The quantitative estimate of drug-likeness (QED) is 0.595. The average Bonchev–Trinajstić information content (AvgIpc) is 2.16. The fraction of sp³-hybridized carbons (Fsp3) is 0.889. The standard InChI is InChI=1S/C9H19NO3/c1-8(12-3)4-6-13-7-5-9(11)10-2/h8H,4-7H2,1-3H3,(H,10,11). The minimum Gasteiger partial charge on any atom is -0.382 e. The molecule has 0 aliphatic rings. The Hall–Kier alpha value is -0.610. The van der Waals surface area contributed by atoms with E-state index in [1.165, 1.54) is 0 Å². The van der Waals surface area contributed by atoms with Crippen molar-refractivity contribution in [3.05, 3.63) is 0 Å². The number of nitrogens with one attached hydrogen (secondary N) is 1. The third-order valence-electron chi connectivity index (χ3n) is 1.82. The Labute approximate surface area is 79.6 Å². The molecule has 0 aliphatic heterocycles. The molecule has 0 saturated carbocycles. The van der Waals surface area contributed by atoms with Gasteiger partial charge in [-0.1, -0.05) is 0 Å². The highest BCUT2D eigenvalue weighted by molar-refractivity contribution is 5.75. The van der Waals surface area contributed by atoms with Crippen molar-refractivity contribution >= 4 is 5.91 Å². The SMILES string of the molecule is CNC(=O)CCOCCC(C)OC. The summed E-state index contributed by atoms with van der Waals surface area (Å²) in [4.78, 5) is 10.7. The van der Waals surface area contributed by atoms with Crippen LogP contribution in [0, 0.1) is 0 Å². The van der Waals surface area contributed by atoms with E-state index in [1.807, 2.05) is 6.92 Å². The van der Waals surface area contributed by atoms with Gasteiger partial charge in [-0.3, -0.25) is 4.79 Å². The molecule has 4 nitrogen and oxygen atoms in total. The van der Waals surface area contributed by atoms with Crippen LogP contribution in [0.4, 0.5) is 0 Å². The summed E-state index contributed by atoms with van der Waals surface area (Å²) in [7, 11) is 3.30. The Bertz CT molecular complexity index is 139. The molecule has 0 aliphatic carbocycles. The van der Waals surface area contributed by atoms with Crippen molar-refractivity contribution in [3.63, 3.8) is 0 Å². The van der Waals surface area contributed by atoms with Crippen LogP contribution in [0.1, 0.15) is 19.8 Å². The minimum atomic E-state index is 0.0137. The van der Waals surface area contributed by atoms with Crippen molar-refractivity contribution in [1.82, 2.24) is 5.32 Å². The van der Waals surface area contributed by atoms with Crippen molar-refractivity contribution in [1.29, 1.82) is 0 Å². The van der Waals surface area contributed by atoms with Crippen LogP contribution >= 0.6 is 0 Å². The van der Waals surface area contributed by atoms with Gasteiger partial charge < -0.3 is 14.8 Å². The Balaban J connectivity index is 3.12. The first-order valence-electron chi connectivity index (χ1n) is 4.51. The molecule has 0 aromatic heterocycles. The highest BCUT2D eigenvalue weighted by Crippen LogP contribution is 1.95. The zero-order valence-electron chi connectivity index (χ0n) is 8.63. The maximum Gasteiger partial charge on any atom is 0.222 e. The predicted octanol–water partition coefficient (Wildman–Crippen LogP) is 0.564. The molecule has 0 fully saturated rings. The molecule has 13 heavy (non-hydrogen) atoms. The number of rotatable bonds is 7. The topological polar surface area (TPSA) is 47.6 Å². The highest BCUT2D eigenvalue weighted by Gasteiger charge is 2.00. The average molecular weight is 189 g/mol. The summed E-state index contributed by atoms with van der Waals surface area (Å²) in [6.07, 6.45) is 1.52. The molecule has 1 N–H and O–H groups in total. The van der Waals surface area contributed by atoms with E-state index in [4.69, 9.17) is 9.47 Å². The van der Waals surface area contributed by atoms with Gasteiger partial charge in [0, 0.05) is 27.2 Å². The molecule has 0 bridgehead atoms. The summed E-state index contributed by atoms with van der Waals surface area (Å²) in [5.74, 6) is 0.0137. The van der Waals surface area contributed by atoms with Gasteiger partial charge in [0.25, 0.3) is 0 Å². The zero-order chi connectivity index (χ0) is 10.1. The smallest absolute Gasteiger partial charge is 0.222 e. The number of amides is 1. The zero-order valence-corrected chi connectivity index (χ0v) is 8.63. The minimum absolute atomic E-state index is 0.0137. The number of hydrogen-bond donors (Lipinski definition) is 1. The lowest BCUT2D eigenvalue weighted by molar-refractivity contribution is -0.121. The molecule has 0 rings (SSSR count). The molecule has 1 atom stereocenters. The van der Waals surface area contributed by atoms with E-state index in [0.717, 1.165) is 6.42 Å². The molecule has 0 aromatic carbocycles. The van der Waals surface area contributed by atoms with E-state index >= 15 is 0 Å². The van der Waals surface area contributed by atoms with E-state index < -0.39 is 0 Å². The molecular formula is C9H19NO3. The van der Waals surface area contributed by atoms with Gasteiger partial charge in [0.2, 0.25) is 5.91 Å². The van der Waals surface area contributed by atoms with Gasteiger partial charge >= 0.3 is 0 Å². The van der Waals surface area contributed by atoms with Gasteiger partial charge in [-0.15, -0.1) is 0 Å². The van der Waals surface area contributed by atoms with Gasteiger partial charge in [-0.2, -0.15) is 0 Å². The van der Waals surface area contributed by atoms with Crippen LogP contribution in [0.25, 0.3) is 0 Å². The maximum atomic E-state index is 10.7. The fourth-order valence-corrected chi connectivity index (χ4v) is 0.759. The predicted molar refractivity (Wildman–Crippen MR) is 50.6 cm³/mol. The van der Waals surface area contributed by atoms with Crippen molar-refractivity contribution in [2.45, 2.75) is 25.9 Å². The van der Waals surface area contributed by atoms with Crippen molar-refractivity contribution < 1.29 is 14.3 Å². The molecule has 4 heteroatoms. The van der Waals surface area contributed by atoms with E-state index in [9.17, 15) is 4.79 Å². The number of carbonyl (C=O) groups is 1. The molecule has 0 radical (unpaired) electrons. The lowest BCUT2D eigenvalue weighted by atomic mass is 10.3. The summed E-state index contributed by atoms with van der Waals surface area (Å²) < 4.78 is 10.3. The van der Waals surface area contributed by atoms with Crippen LogP contribution in [0.3, 0.4) is 0 Å². The summed E-state index contributed by atoms with van der Waals surface area (Å²) in [6, 6.07) is 0. The van der Waals surface area contributed by atoms with Gasteiger partial charge in [0.15, 0.2) is 0 Å². The lowest BCUT2D eigenvalue weighted by Gasteiger charge is -2.08. The Kier molecular flexibility index (Phi) is 7.63. The highest BCUT2D eigenvalue weighted by atomic mass is 16.5. The maximum absolute atomic E-state index is 10.7. The Morgan fingerprint density at radius 2 is 2.15 bits per heavy atom. The van der Waals surface area contributed by atoms with Crippen molar-refractivity contribution in [2.24, 2.45) is 0 Å². The van der Waals surface area contributed by atoms with Gasteiger partial charge in [0.05, 0.1) is 12.7 Å². The Morgan fingerprint density at radius 3 is 2.69 bits per heavy atom. The van der Waals surface area contributed by atoms with E-state index in [2.05, 4.69) is 5.32 Å². The summed E-state index contributed by atoms with van der Waals surface area (Å²) in [6.45, 7) is 3.12. The second-order valence-corrected chi connectivity index (χ2v) is 2.87.